The van der Waals surface area contributed by atoms with Gasteiger partial charge in [0.05, 0.1) is 0 Å². The van der Waals surface area contributed by atoms with Gasteiger partial charge in [0.2, 0.25) is 0 Å². The highest BCUT2D eigenvalue weighted by atomic mass is 16.1. The quantitative estimate of drug-likeness (QED) is 0.0807. The smallest absolute Gasteiger partial charge is 0.167 e. The maximum Gasteiger partial charge on any atom is 0.167 e. The van der Waals surface area contributed by atoms with Crippen molar-refractivity contribution in [3.63, 3.8) is 0 Å². The first kappa shape index (κ1) is 44.5. The monoisotopic (exact) mass is 836 g/mol. The number of hydrogen-bond acceptors (Lipinski definition) is 4. The topological polar surface area (TPSA) is 68.3 Å². The SMILES string of the molecule is O=C(c1ccccc1)[C@@H](Cc1ccccc1)[C@@H](Cc1ccccc1)C(=O)c1ccccc1.O=C(c1ccccc1)[C@@H](Cc1ccccc1)[C@@H](Cc1ccccc1)C(=O)c1ccccc1. The van der Waals surface area contributed by atoms with Gasteiger partial charge in [-0.3, -0.25) is 19.2 Å². The summed E-state index contributed by atoms with van der Waals surface area (Å²) >= 11 is 0. The van der Waals surface area contributed by atoms with Gasteiger partial charge in [-0.1, -0.05) is 243 Å². The molecule has 64 heavy (non-hydrogen) atoms. The first-order valence-electron chi connectivity index (χ1n) is 22.0. The van der Waals surface area contributed by atoms with Gasteiger partial charge in [-0.15, -0.1) is 0 Å². The average Bonchev–Trinajstić information content (AvgIpc) is 3.37. The van der Waals surface area contributed by atoms with Gasteiger partial charge in [-0.2, -0.15) is 0 Å². The highest BCUT2D eigenvalue weighted by Crippen LogP contribution is 2.31. The van der Waals surface area contributed by atoms with E-state index in [1.165, 1.54) is 0 Å². The Kier molecular flexibility index (Phi) is 16.0. The summed E-state index contributed by atoms with van der Waals surface area (Å²) in [6.07, 6.45) is 2.07. The van der Waals surface area contributed by atoms with Crippen LogP contribution in [0, 0.1) is 23.7 Å². The van der Waals surface area contributed by atoms with Crippen molar-refractivity contribution in [3.8, 4) is 0 Å². The van der Waals surface area contributed by atoms with Crippen LogP contribution in [0.2, 0.25) is 0 Å². The Morgan fingerprint density at radius 2 is 0.359 bits per heavy atom. The molecule has 0 unspecified atom stereocenters. The molecule has 0 aromatic heterocycles. The number of carbonyl (C=O) groups excluding carboxylic acids is 4. The van der Waals surface area contributed by atoms with E-state index in [4.69, 9.17) is 0 Å². The largest absolute Gasteiger partial charge is 0.294 e. The molecule has 0 heterocycles. The first-order chi connectivity index (χ1) is 31.4. The van der Waals surface area contributed by atoms with Crippen LogP contribution in [0.5, 0.6) is 0 Å². The molecule has 0 amide bonds. The molecule has 0 spiro atoms. The van der Waals surface area contributed by atoms with Crippen molar-refractivity contribution in [1.82, 2.24) is 0 Å². The zero-order chi connectivity index (χ0) is 44.4. The summed E-state index contributed by atoms with van der Waals surface area (Å²) in [6, 6.07) is 77.2. The molecule has 0 saturated heterocycles. The highest BCUT2D eigenvalue weighted by Gasteiger charge is 2.36. The Morgan fingerprint density at radius 3 is 0.516 bits per heavy atom. The van der Waals surface area contributed by atoms with Gasteiger partial charge in [0.1, 0.15) is 0 Å². The van der Waals surface area contributed by atoms with Crippen molar-refractivity contribution in [2.45, 2.75) is 25.7 Å². The Morgan fingerprint density at radius 1 is 0.219 bits per heavy atom. The van der Waals surface area contributed by atoms with E-state index in [2.05, 4.69) is 0 Å². The van der Waals surface area contributed by atoms with E-state index in [1.807, 2.05) is 243 Å². The second-order valence-electron chi connectivity index (χ2n) is 16.1. The minimum Gasteiger partial charge on any atom is -0.294 e. The zero-order valence-corrected chi connectivity index (χ0v) is 35.9. The Hall–Kier alpha value is -7.56. The predicted molar refractivity (Wildman–Crippen MR) is 258 cm³/mol. The van der Waals surface area contributed by atoms with Crippen LogP contribution in [-0.2, 0) is 25.7 Å². The molecule has 4 heteroatoms. The van der Waals surface area contributed by atoms with Crippen LogP contribution in [0.4, 0.5) is 0 Å². The molecule has 8 rings (SSSR count). The molecule has 0 N–H and O–H groups in total. The van der Waals surface area contributed by atoms with E-state index in [-0.39, 0.29) is 23.1 Å². The number of ketones is 4. The van der Waals surface area contributed by atoms with Crippen molar-refractivity contribution >= 4 is 23.1 Å². The second-order valence-corrected chi connectivity index (χ2v) is 16.1. The Balaban J connectivity index is 0.000000191. The summed E-state index contributed by atoms with van der Waals surface area (Å²) in [6.45, 7) is 0. The molecule has 0 saturated carbocycles. The standard InChI is InChI=1S/2C30H26O2/c2*31-29(25-17-9-3-10-18-25)27(21-23-13-5-1-6-14-23)28(22-24-15-7-2-8-16-24)30(32)26-19-11-4-12-20-26/h2*1-20,27-28H,21-22H2/t2*27-,28+. The van der Waals surface area contributed by atoms with Crippen LogP contribution in [0.15, 0.2) is 243 Å². The van der Waals surface area contributed by atoms with Gasteiger partial charge in [-0.05, 0) is 47.9 Å². The molecule has 0 aliphatic heterocycles. The highest BCUT2D eigenvalue weighted by molar-refractivity contribution is 6.06. The van der Waals surface area contributed by atoms with Crippen LogP contribution in [-0.4, -0.2) is 23.1 Å². The van der Waals surface area contributed by atoms with Gasteiger partial charge in [0.25, 0.3) is 0 Å². The molecule has 4 atom stereocenters. The lowest BCUT2D eigenvalue weighted by atomic mass is 9.75. The molecule has 4 nitrogen and oxygen atoms in total. The van der Waals surface area contributed by atoms with Crippen LogP contribution in [0.1, 0.15) is 63.7 Å². The molecule has 0 bridgehead atoms. The van der Waals surface area contributed by atoms with Gasteiger partial charge >= 0.3 is 0 Å². The van der Waals surface area contributed by atoms with Crippen molar-refractivity contribution in [2.24, 2.45) is 23.7 Å². The summed E-state index contributed by atoms with van der Waals surface area (Å²) in [5, 5.41) is 0. The van der Waals surface area contributed by atoms with Gasteiger partial charge in [0.15, 0.2) is 23.1 Å². The predicted octanol–water partition coefficient (Wildman–Crippen LogP) is 12.9. The molecule has 0 fully saturated rings. The fourth-order valence-electron chi connectivity index (χ4n) is 8.41. The summed E-state index contributed by atoms with van der Waals surface area (Å²) in [5.74, 6) is -1.81. The van der Waals surface area contributed by atoms with Crippen LogP contribution >= 0.6 is 0 Å². The number of benzene rings is 8. The van der Waals surface area contributed by atoms with Crippen molar-refractivity contribution in [3.05, 3.63) is 287 Å². The molecule has 0 aliphatic carbocycles. The lowest BCUT2D eigenvalue weighted by molar-refractivity contribution is 0.0763. The number of rotatable bonds is 18. The third-order valence-electron chi connectivity index (χ3n) is 11.7. The molecule has 8 aromatic carbocycles. The lowest BCUT2D eigenvalue weighted by Crippen LogP contribution is -2.33. The second kappa shape index (κ2) is 23.0. The maximum atomic E-state index is 13.8. The first-order valence-corrected chi connectivity index (χ1v) is 22.0. The van der Waals surface area contributed by atoms with Crippen LogP contribution < -0.4 is 0 Å². The molecule has 8 aromatic rings. The van der Waals surface area contributed by atoms with E-state index >= 15 is 0 Å². The number of hydrogen-bond donors (Lipinski definition) is 0. The summed E-state index contributed by atoms with van der Waals surface area (Å²) in [5.41, 5.74) is 6.81. The normalized spacial score (nSPS) is 12.6. The summed E-state index contributed by atoms with van der Waals surface area (Å²) in [4.78, 5) is 55.1. The fraction of sp³-hybridized carbons (Fsp3) is 0.133. The molecule has 0 aliphatic rings. The van der Waals surface area contributed by atoms with Gasteiger partial charge in [-0.25, -0.2) is 0 Å². The van der Waals surface area contributed by atoms with Crippen LogP contribution in [0.25, 0.3) is 0 Å². The molecule has 0 radical (unpaired) electrons. The maximum absolute atomic E-state index is 13.8. The summed E-state index contributed by atoms with van der Waals surface area (Å²) < 4.78 is 0. The average molecular weight is 837 g/mol. The van der Waals surface area contributed by atoms with E-state index in [0.717, 1.165) is 22.3 Å². The Bertz CT molecular complexity index is 2270. The zero-order valence-electron chi connectivity index (χ0n) is 35.9. The van der Waals surface area contributed by atoms with Crippen molar-refractivity contribution < 1.29 is 19.2 Å². The van der Waals surface area contributed by atoms with Gasteiger partial charge in [0, 0.05) is 45.9 Å². The number of carbonyl (C=O) groups is 4. The van der Waals surface area contributed by atoms with Crippen molar-refractivity contribution in [2.75, 3.05) is 0 Å². The van der Waals surface area contributed by atoms with E-state index in [1.54, 1.807) is 0 Å². The minimum atomic E-state index is -0.465. The minimum absolute atomic E-state index is 0.0136. The lowest BCUT2D eigenvalue weighted by Gasteiger charge is -2.26. The molecular formula is C60H52O4. The van der Waals surface area contributed by atoms with Crippen LogP contribution in [0.3, 0.4) is 0 Å². The Labute approximate surface area is 377 Å². The van der Waals surface area contributed by atoms with Crippen molar-refractivity contribution in [1.29, 1.82) is 0 Å². The third-order valence-corrected chi connectivity index (χ3v) is 11.7. The summed E-state index contributed by atoms with van der Waals surface area (Å²) in [7, 11) is 0. The van der Waals surface area contributed by atoms with Gasteiger partial charge < -0.3 is 0 Å². The molecule has 316 valence electrons. The van der Waals surface area contributed by atoms with E-state index in [9.17, 15) is 19.2 Å². The number of Topliss-reactive ketones (excluding diaryl/α,β-unsaturated/α-hetero) is 4. The third kappa shape index (κ3) is 12.3. The fourth-order valence-corrected chi connectivity index (χ4v) is 8.41. The van der Waals surface area contributed by atoms with E-state index in [0.29, 0.717) is 47.9 Å². The molecular weight excluding hydrogens is 785 g/mol. The van der Waals surface area contributed by atoms with E-state index < -0.39 is 23.7 Å².